The van der Waals surface area contributed by atoms with Crippen molar-refractivity contribution in [1.29, 1.82) is 5.41 Å². The molecule has 1 unspecified atom stereocenters. The van der Waals surface area contributed by atoms with Crippen LogP contribution in [0.3, 0.4) is 0 Å². The Bertz CT molecular complexity index is 430. The Balaban J connectivity index is 2.07. The molecule has 2 N–H and O–H groups in total. The highest BCUT2D eigenvalue weighted by Crippen LogP contribution is 2.23. The third kappa shape index (κ3) is 3.23. The summed E-state index contributed by atoms with van der Waals surface area (Å²) in [4.78, 5) is 0. The number of ether oxygens (including phenoxy) is 2. The molecule has 1 aliphatic heterocycles. The van der Waals surface area contributed by atoms with E-state index in [0.29, 0.717) is 17.5 Å². The van der Waals surface area contributed by atoms with Crippen LogP contribution in [0.1, 0.15) is 30.4 Å². The lowest BCUT2D eigenvalue weighted by molar-refractivity contribution is -0.113. The molecule has 0 aromatic heterocycles. The van der Waals surface area contributed by atoms with Crippen LogP contribution in [-0.2, 0) is 14.8 Å². The second-order valence-corrected chi connectivity index (χ2v) is 4.79. The van der Waals surface area contributed by atoms with Gasteiger partial charge >= 0.3 is 0 Å². The standard InChI is InChI=1S/C13H16BrNO3/c14-8-9-4-5-11(16)10(7-9)13(15)18-12-3-1-2-6-17-12/h4-5,7,12,15-16H,1-3,6,8H2. The fourth-order valence-electron chi connectivity index (χ4n) is 1.85. The zero-order chi connectivity index (χ0) is 13.0. The Morgan fingerprint density at radius 3 is 3.00 bits per heavy atom. The highest BCUT2D eigenvalue weighted by Gasteiger charge is 2.19. The lowest BCUT2D eigenvalue weighted by Gasteiger charge is -2.23. The van der Waals surface area contributed by atoms with Gasteiger partial charge in [-0.25, -0.2) is 0 Å². The van der Waals surface area contributed by atoms with Crippen molar-refractivity contribution in [3.63, 3.8) is 0 Å². The molecule has 1 heterocycles. The van der Waals surface area contributed by atoms with Gasteiger partial charge in [-0.1, -0.05) is 22.0 Å². The number of nitrogens with one attached hydrogen (secondary N) is 1. The predicted molar refractivity (Wildman–Crippen MR) is 72.2 cm³/mol. The first-order valence-electron chi connectivity index (χ1n) is 5.95. The van der Waals surface area contributed by atoms with Gasteiger partial charge in [0.1, 0.15) is 5.75 Å². The average molecular weight is 314 g/mol. The van der Waals surface area contributed by atoms with Gasteiger partial charge in [0.05, 0.1) is 12.2 Å². The number of hydrogen-bond acceptors (Lipinski definition) is 4. The largest absolute Gasteiger partial charge is 0.507 e. The van der Waals surface area contributed by atoms with Crippen molar-refractivity contribution >= 4 is 21.8 Å². The Morgan fingerprint density at radius 2 is 2.33 bits per heavy atom. The summed E-state index contributed by atoms with van der Waals surface area (Å²) in [7, 11) is 0. The molecule has 1 aromatic rings. The molecule has 1 aliphatic rings. The van der Waals surface area contributed by atoms with E-state index in [4.69, 9.17) is 14.9 Å². The van der Waals surface area contributed by atoms with Crippen LogP contribution >= 0.6 is 15.9 Å². The summed E-state index contributed by atoms with van der Waals surface area (Å²) < 4.78 is 10.9. The first-order valence-corrected chi connectivity index (χ1v) is 7.08. The van der Waals surface area contributed by atoms with Crippen LogP contribution in [0.4, 0.5) is 0 Å². The van der Waals surface area contributed by atoms with Gasteiger partial charge in [0.2, 0.25) is 12.2 Å². The van der Waals surface area contributed by atoms with Crippen LogP contribution in [0.2, 0.25) is 0 Å². The van der Waals surface area contributed by atoms with E-state index < -0.39 is 0 Å². The van der Waals surface area contributed by atoms with Crippen LogP contribution in [0.5, 0.6) is 5.75 Å². The maximum absolute atomic E-state index is 9.75. The minimum Gasteiger partial charge on any atom is -0.507 e. The van der Waals surface area contributed by atoms with Crippen LogP contribution in [0, 0.1) is 5.41 Å². The lowest BCUT2D eigenvalue weighted by atomic mass is 10.1. The van der Waals surface area contributed by atoms with E-state index in [1.165, 1.54) is 0 Å². The molecule has 0 spiro atoms. The van der Waals surface area contributed by atoms with Crippen LogP contribution < -0.4 is 0 Å². The summed E-state index contributed by atoms with van der Waals surface area (Å²) in [5, 5.41) is 18.3. The van der Waals surface area contributed by atoms with Crippen molar-refractivity contribution in [2.24, 2.45) is 0 Å². The molecule has 18 heavy (non-hydrogen) atoms. The normalized spacial score (nSPS) is 19.5. The number of alkyl halides is 1. The highest BCUT2D eigenvalue weighted by atomic mass is 79.9. The zero-order valence-corrected chi connectivity index (χ0v) is 11.6. The van der Waals surface area contributed by atoms with Crippen molar-refractivity contribution in [2.75, 3.05) is 6.61 Å². The van der Waals surface area contributed by atoms with Crippen LogP contribution in [0.25, 0.3) is 0 Å². The average Bonchev–Trinajstić information content (AvgIpc) is 2.40. The second-order valence-electron chi connectivity index (χ2n) is 4.23. The molecule has 0 amide bonds. The summed E-state index contributed by atoms with van der Waals surface area (Å²) >= 11 is 3.35. The molecule has 1 aromatic carbocycles. The molecule has 0 saturated carbocycles. The van der Waals surface area contributed by atoms with E-state index in [9.17, 15) is 5.11 Å². The number of phenolic OH excluding ortho intramolecular Hbond substituents is 1. The van der Waals surface area contributed by atoms with Gasteiger partial charge in [0.15, 0.2) is 0 Å². The Morgan fingerprint density at radius 1 is 1.50 bits per heavy atom. The van der Waals surface area contributed by atoms with Crippen molar-refractivity contribution in [3.8, 4) is 5.75 Å². The molecule has 98 valence electrons. The molecule has 0 bridgehead atoms. The van der Waals surface area contributed by atoms with Crippen molar-refractivity contribution in [3.05, 3.63) is 29.3 Å². The molecule has 0 radical (unpaired) electrons. The maximum Gasteiger partial charge on any atom is 0.219 e. The maximum atomic E-state index is 9.75. The first-order chi connectivity index (χ1) is 8.70. The fourth-order valence-corrected chi connectivity index (χ4v) is 2.20. The first kappa shape index (κ1) is 13.4. The molecule has 0 aliphatic carbocycles. The Kier molecular flexibility index (Phi) is 4.60. The molecular formula is C13H16BrNO3. The van der Waals surface area contributed by atoms with E-state index in [0.717, 1.165) is 24.8 Å². The number of benzene rings is 1. The monoisotopic (exact) mass is 313 g/mol. The molecule has 1 saturated heterocycles. The lowest BCUT2D eigenvalue weighted by Crippen LogP contribution is -2.25. The number of rotatable bonds is 3. The molecule has 5 heteroatoms. The number of halogens is 1. The molecule has 1 fully saturated rings. The third-order valence-electron chi connectivity index (χ3n) is 2.85. The quantitative estimate of drug-likeness (QED) is 0.512. The zero-order valence-electron chi connectivity index (χ0n) is 9.99. The Labute approximate surface area is 115 Å². The summed E-state index contributed by atoms with van der Waals surface area (Å²) in [5.74, 6) is 0.0164. The van der Waals surface area contributed by atoms with Gasteiger partial charge in [-0.15, -0.1) is 0 Å². The SMILES string of the molecule is N=C(OC1CCCCO1)c1cc(CBr)ccc1O. The predicted octanol–water partition coefficient (Wildman–Crippen LogP) is 3.16. The van der Waals surface area contributed by atoms with Crippen LogP contribution in [0.15, 0.2) is 18.2 Å². The summed E-state index contributed by atoms with van der Waals surface area (Å²) in [6.07, 6.45) is 2.52. The van der Waals surface area contributed by atoms with Crippen molar-refractivity contribution in [1.82, 2.24) is 0 Å². The number of hydrogen-bond donors (Lipinski definition) is 2. The van der Waals surface area contributed by atoms with Gasteiger partial charge in [0, 0.05) is 11.8 Å². The molecule has 2 rings (SSSR count). The van der Waals surface area contributed by atoms with Gasteiger partial charge < -0.3 is 14.6 Å². The fraction of sp³-hybridized carbons (Fsp3) is 0.462. The number of aromatic hydroxyl groups is 1. The highest BCUT2D eigenvalue weighted by molar-refractivity contribution is 9.08. The second kappa shape index (κ2) is 6.20. The van der Waals surface area contributed by atoms with Crippen molar-refractivity contribution < 1.29 is 14.6 Å². The topological polar surface area (TPSA) is 62.5 Å². The van der Waals surface area contributed by atoms with Gasteiger partial charge in [0.25, 0.3) is 0 Å². The van der Waals surface area contributed by atoms with E-state index in [1.54, 1.807) is 18.2 Å². The summed E-state index contributed by atoms with van der Waals surface area (Å²) in [5.41, 5.74) is 1.39. The van der Waals surface area contributed by atoms with Crippen LogP contribution in [-0.4, -0.2) is 23.9 Å². The molecular weight excluding hydrogens is 298 g/mol. The smallest absolute Gasteiger partial charge is 0.219 e. The van der Waals surface area contributed by atoms with Gasteiger partial charge in [-0.2, -0.15) is 0 Å². The van der Waals surface area contributed by atoms with E-state index in [1.807, 2.05) is 0 Å². The number of phenols is 1. The van der Waals surface area contributed by atoms with Crippen molar-refractivity contribution in [2.45, 2.75) is 30.9 Å². The van der Waals surface area contributed by atoms with Gasteiger partial charge in [-0.3, -0.25) is 5.41 Å². The van der Waals surface area contributed by atoms with E-state index in [2.05, 4.69) is 15.9 Å². The van der Waals surface area contributed by atoms with Gasteiger partial charge in [-0.05, 0) is 30.5 Å². The van der Waals surface area contributed by atoms with E-state index in [-0.39, 0.29) is 17.9 Å². The molecule has 4 nitrogen and oxygen atoms in total. The minimum atomic E-state index is -0.363. The molecule has 1 atom stereocenters. The minimum absolute atomic E-state index is 0.0396. The Hall–Kier alpha value is -1.07. The van der Waals surface area contributed by atoms with E-state index >= 15 is 0 Å². The summed E-state index contributed by atoms with van der Waals surface area (Å²) in [6, 6.07) is 5.12. The third-order valence-corrected chi connectivity index (χ3v) is 3.49. The summed E-state index contributed by atoms with van der Waals surface area (Å²) in [6.45, 7) is 0.672.